The number of ether oxygens (including phenoxy) is 1. The third-order valence-electron chi connectivity index (χ3n) is 1.83. The van der Waals surface area contributed by atoms with Crippen LogP contribution in [0, 0.1) is 0 Å². The molecule has 0 aliphatic rings. The van der Waals surface area contributed by atoms with Crippen LogP contribution in [0.15, 0.2) is 47.3 Å². The average Bonchev–Trinajstić information content (AvgIpc) is 2.28. The molecule has 3 nitrogen and oxygen atoms in total. The molecule has 2 heterocycles. The van der Waals surface area contributed by atoms with E-state index in [4.69, 9.17) is 4.74 Å². The molecule has 4 heteroatoms. The predicted molar refractivity (Wildman–Crippen MR) is 60.5 cm³/mol. The summed E-state index contributed by atoms with van der Waals surface area (Å²) in [5, 5.41) is 0. The van der Waals surface area contributed by atoms with Crippen molar-refractivity contribution in [3.05, 3.63) is 52.9 Å². The number of pyridine rings is 2. The molecule has 0 spiro atoms. The zero-order valence-electron chi connectivity index (χ0n) is 7.93. The normalized spacial score (nSPS) is 9.93. The maximum absolute atomic E-state index is 5.50. The zero-order chi connectivity index (χ0) is 10.5. The second-order valence-corrected chi connectivity index (χ2v) is 3.76. The molecule has 0 atom stereocenters. The molecule has 0 aromatic carbocycles. The van der Waals surface area contributed by atoms with Gasteiger partial charge in [0.05, 0.1) is 0 Å². The highest BCUT2D eigenvalue weighted by molar-refractivity contribution is 9.10. The summed E-state index contributed by atoms with van der Waals surface area (Å²) in [6.45, 7) is 0.506. The number of nitrogens with zero attached hydrogens (tertiary/aromatic N) is 2. The van der Waals surface area contributed by atoms with Crippen LogP contribution in [0.2, 0.25) is 0 Å². The van der Waals surface area contributed by atoms with E-state index in [-0.39, 0.29) is 0 Å². The van der Waals surface area contributed by atoms with Gasteiger partial charge in [-0.2, -0.15) is 0 Å². The van der Waals surface area contributed by atoms with Crippen LogP contribution in [0.4, 0.5) is 0 Å². The molecule has 76 valence electrons. The highest BCUT2D eigenvalue weighted by atomic mass is 79.9. The van der Waals surface area contributed by atoms with Crippen molar-refractivity contribution in [3.8, 4) is 5.88 Å². The molecule has 0 saturated carbocycles. The van der Waals surface area contributed by atoms with E-state index in [2.05, 4.69) is 25.9 Å². The van der Waals surface area contributed by atoms with Crippen LogP contribution in [0.5, 0.6) is 5.88 Å². The van der Waals surface area contributed by atoms with Crippen LogP contribution in [0.1, 0.15) is 5.56 Å². The van der Waals surface area contributed by atoms with Gasteiger partial charge in [0.1, 0.15) is 11.2 Å². The molecule has 0 bridgehead atoms. The SMILES string of the molecule is Brc1cccc(OCc2ccncc2)n1. The van der Waals surface area contributed by atoms with E-state index < -0.39 is 0 Å². The number of halogens is 1. The molecule has 0 unspecified atom stereocenters. The van der Waals surface area contributed by atoms with Gasteiger partial charge in [-0.1, -0.05) is 6.07 Å². The van der Waals surface area contributed by atoms with Gasteiger partial charge in [0, 0.05) is 18.5 Å². The Morgan fingerprint density at radius 1 is 1.13 bits per heavy atom. The fourth-order valence-electron chi connectivity index (χ4n) is 1.11. The quantitative estimate of drug-likeness (QED) is 0.800. The molecule has 15 heavy (non-hydrogen) atoms. The molecular formula is C11H9BrN2O. The molecule has 0 aliphatic heterocycles. The Bertz CT molecular complexity index is 434. The molecule has 2 rings (SSSR count). The monoisotopic (exact) mass is 264 g/mol. The first-order valence-corrected chi connectivity index (χ1v) is 5.28. The van der Waals surface area contributed by atoms with Gasteiger partial charge in [-0.05, 0) is 39.7 Å². The molecule has 2 aromatic rings. The maximum Gasteiger partial charge on any atom is 0.214 e. The van der Waals surface area contributed by atoms with E-state index in [0.717, 1.165) is 10.2 Å². The summed E-state index contributed by atoms with van der Waals surface area (Å²) < 4.78 is 6.28. The van der Waals surface area contributed by atoms with Crippen LogP contribution in [0.3, 0.4) is 0 Å². The maximum atomic E-state index is 5.50. The van der Waals surface area contributed by atoms with E-state index in [1.165, 1.54) is 0 Å². The summed E-state index contributed by atoms with van der Waals surface area (Å²) in [4.78, 5) is 8.10. The van der Waals surface area contributed by atoms with Crippen molar-refractivity contribution in [1.82, 2.24) is 9.97 Å². The fourth-order valence-corrected chi connectivity index (χ4v) is 1.43. The average molecular weight is 265 g/mol. The van der Waals surface area contributed by atoms with Gasteiger partial charge in [-0.15, -0.1) is 0 Å². The second kappa shape index (κ2) is 4.89. The van der Waals surface area contributed by atoms with Gasteiger partial charge in [0.15, 0.2) is 0 Å². The molecule has 2 aromatic heterocycles. The lowest BCUT2D eigenvalue weighted by Crippen LogP contribution is -1.97. The Labute approximate surface area is 96.3 Å². The van der Waals surface area contributed by atoms with Crippen LogP contribution in [0.25, 0.3) is 0 Å². The van der Waals surface area contributed by atoms with Crippen LogP contribution < -0.4 is 4.74 Å². The van der Waals surface area contributed by atoms with Gasteiger partial charge >= 0.3 is 0 Å². The Kier molecular flexibility index (Phi) is 3.29. The highest BCUT2D eigenvalue weighted by Crippen LogP contribution is 2.13. The van der Waals surface area contributed by atoms with Crippen molar-refractivity contribution < 1.29 is 4.74 Å². The molecular weight excluding hydrogens is 256 g/mol. The van der Waals surface area contributed by atoms with Crippen molar-refractivity contribution in [2.45, 2.75) is 6.61 Å². The van der Waals surface area contributed by atoms with Gasteiger partial charge in [-0.3, -0.25) is 4.98 Å². The van der Waals surface area contributed by atoms with Crippen LogP contribution in [-0.4, -0.2) is 9.97 Å². The third kappa shape index (κ3) is 3.02. The second-order valence-electron chi connectivity index (χ2n) is 2.94. The van der Waals surface area contributed by atoms with Crippen molar-refractivity contribution in [2.75, 3.05) is 0 Å². The van der Waals surface area contributed by atoms with Crippen LogP contribution >= 0.6 is 15.9 Å². The standard InChI is InChI=1S/C11H9BrN2O/c12-10-2-1-3-11(14-10)15-8-9-4-6-13-7-5-9/h1-7H,8H2. The largest absolute Gasteiger partial charge is 0.473 e. The Morgan fingerprint density at radius 2 is 1.93 bits per heavy atom. The molecule has 0 aliphatic carbocycles. The van der Waals surface area contributed by atoms with Crippen molar-refractivity contribution in [2.24, 2.45) is 0 Å². The van der Waals surface area contributed by atoms with E-state index in [0.29, 0.717) is 12.5 Å². The minimum absolute atomic E-state index is 0.506. The van der Waals surface area contributed by atoms with E-state index >= 15 is 0 Å². The van der Waals surface area contributed by atoms with E-state index in [1.54, 1.807) is 12.4 Å². The Hall–Kier alpha value is -1.42. The molecule has 0 radical (unpaired) electrons. The Balaban J connectivity index is 1.99. The summed E-state index contributed by atoms with van der Waals surface area (Å²) in [7, 11) is 0. The summed E-state index contributed by atoms with van der Waals surface area (Å²) >= 11 is 3.29. The fraction of sp³-hybridized carbons (Fsp3) is 0.0909. The van der Waals surface area contributed by atoms with Crippen molar-refractivity contribution in [1.29, 1.82) is 0 Å². The van der Waals surface area contributed by atoms with Crippen molar-refractivity contribution >= 4 is 15.9 Å². The minimum Gasteiger partial charge on any atom is -0.473 e. The van der Waals surface area contributed by atoms with E-state index in [9.17, 15) is 0 Å². The third-order valence-corrected chi connectivity index (χ3v) is 2.27. The summed E-state index contributed by atoms with van der Waals surface area (Å²) in [5.74, 6) is 0.612. The number of hydrogen-bond donors (Lipinski definition) is 0. The van der Waals surface area contributed by atoms with Crippen LogP contribution in [-0.2, 0) is 6.61 Å². The molecule has 0 amide bonds. The van der Waals surface area contributed by atoms with Gasteiger partial charge in [0.25, 0.3) is 0 Å². The first-order valence-electron chi connectivity index (χ1n) is 4.49. The van der Waals surface area contributed by atoms with Gasteiger partial charge in [0.2, 0.25) is 5.88 Å². The molecule has 0 N–H and O–H groups in total. The zero-order valence-corrected chi connectivity index (χ0v) is 9.52. The first-order chi connectivity index (χ1) is 7.34. The van der Waals surface area contributed by atoms with Gasteiger partial charge in [-0.25, -0.2) is 4.98 Å². The first kappa shape index (κ1) is 10.1. The number of rotatable bonds is 3. The Morgan fingerprint density at radius 3 is 2.67 bits per heavy atom. The highest BCUT2D eigenvalue weighted by Gasteiger charge is 1.97. The lowest BCUT2D eigenvalue weighted by molar-refractivity contribution is 0.293. The minimum atomic E-state index is 0.506. The summed E-state index contributed by atoms with van der Waals surface area (Å²) in [5.41, 5.74) is 1.08. The number of aromatic nitrogens is 2. The lowest BCUT2D eigenvalue weighted by atomic mass is 10.3. The van der Waals surface area contributed by atoms with Crippen molar-refractivity contribution in [3.63, 3.8) is 0 Å². The topological polar surface area (TPSA) is 35.0 Å². The predicted octanol–water partition coefficient (Wildman–Crippen LogP) is 2.82. The smallest absolute Gasteiger partial charge is 0.214 e. The molecule has 0 fully saturated rings. The van der Waals surface area contributed by atoms with E-state index in [1.807, 2.05) is 30.3 Å². The molecule has 0 saturated heterocycles. The number of hydrogen-bond acceptors (Lipinski definition) is 3. The summed E-state index contributed by atoms with van der Waals surface area (Å²) in [6.07, 6.45) is 3.49. The lowest BCUT2D eigenvalue weighted by Gasteiger charge is -2.04. The summed E-state index contributed by atoms with van der Waals surface area (Å²) in [6, 6.07) is 9.40. The van der Waals surface area contributed by atoms with Gasteiger partial charge < -0.3 is 4.74 Å².